The van der Waals surface area contributed by atoms with Gasteiger partial charge in [0.15, 0.2) is 0 Å². The molecule has 1 unspecified atom stereocenters. The van der Waals surface area contributed by atoms with Crippen molar-refractivity contribution in [3.63, 3.8) is 0 Å². The van der Waals surface area contributed by atoms with Crippen LogP contribution in [0.15, 0.2) is 12.5 Å². The first kappa shape index (κ1) is 12.2. The first-order valence-corrected chi connectivity index (χ1v) is 6.04. The van der Waals surface area contributed by atoms with Gasteiger partial charge in [-0.25, -0.2) is 4.98 Å². The van der Waals surface area contributed by atoms with E-state index in [0.29, 0.717) is 12.6 Å². The predicted molar refractivity (Wildman–Crippen MR) is 63.8 cm³/mol. The summed E-state index contributed by atoms with van der Waals surface area (Å²) in [7, 11) is 0. The molecule has 0 aromatic carbocycles. The zero-order chi connectivity index (χ0) is 11.1. The number of hydrogen-bond donors (Lipinski definition) is 1. The zero-order valence-corrected chi connectivity index (χ0v) is 9.95. The number of imidazole rings is 1. The monoisotopic (exact) mass is 209 g/mol. The Morgan fingerprint density at radius 2 is 2.20 bits per heavy atom. The lowest BCUT2D eigenvalue weighted by Gasteiger charge is -2.18. The van der Waals surface area contributed by atoms with E-state index in [1.165, 1.54) is 25.0 Å². The van der Waals surface area contributed by atoms with Crippen LogP contribution in [-0.4, -0.2) is 16.1 Å². The predicted octanol–water partition coefficient (Wildman–Crippen LogP) is 2.53. The van der Waals surface area contributed by atoms with Crippen molar-refractivity contribution in [1.82, 2.24) is 9.55 Å². The standard InChI is InChI=1S/C12H23N3/c1-3-5-7-11(8-13)15-10-14-9-12(15)6-4-2/h9-11H,3-8,13H2,1-2H3. The number of nitrogens with two attached hydrogens (primary N) is 1. The summed E-state index contributed by atoms with van der Waals surface area (Å²) in [4.78, 5) is 4.23. The number of nitrogens with zero attached hydrogens (tertiary/aromatic N) is 2. The number of aryl methyl sites for hydroxylation is 1. The molecule has 2 N–H and O–H groups in total. The van der Waals surface area contributed by atoms with Gasteiger partial charge < -0.3 is 10.3 Å². The molecule has 0 amide bonds. The lowest BCUT2D eigenvalue weighted by molar-refractivity contribution is 0.445. The fraction of sp³-hybridized carbons (Fsp3) is 0.750. The van der Waals surface area contributed by atoms with Crippen LogP contribution in [0.3, 0.4) is 0 Å². The molecule has 0 aliphatic heterocycles. The van der Waals surface area contributed by atoms with Crippen molar-refractivity contribution in [2.24, 2.45) is 5.73 Å². The Balaban J connectivity index is 2.67. The summed E-state index contributed by atoms with van der Waals surface area (Å²) in [6, 6.07) is 0.439. The normalized spacial score (nSPS) is 13.0. The molecular formula is C12H23N3. The Labute approximate surface area is 92.7 Å². The smallest absolute Gasteiger partial charge is 0.0951 e. The van der Waals surface area contributed by atoms with Crippen LogP contribution < -0.4 is 5.73 Å². The molecule has 1 aromatic heterocycles. The van der Waals surface area contributed by atoms with Crippen LogP contribution in [0.5, 0.6) is 0 Å². The molecule has 0 spiro atoms. The SMILES string of the molecule is CCCCC(CN)n1cncc1CCC. The minimum atomic E-state index is 0.439. The molecule has 0 radical (unpaired) electrons. The Hall–Kier alpha value is -0.830. The molecule has 0 fully saturated rings. The van der Waals surface area contributed by atoms with E-state index in [-0.39, 0.29) is 0 Å². The van der Waals surface area contributed by atoms with Crippen LogP contribution in [0.25, 0.3) is 0 Å². The maximum Gasteiger partial charge on any atom is 0.0951 e. The van der Waals surface area contributed by atoms with Crippen molar-refractivity contribution in [1.29, 1.82) is 0 Å². The first-order chi connectivity index (χ1) is 7.33. The third-order valence-electron chi connectivity index (χ3n) is 2.81. The molecule has 3 nitrogen and oxygen atoms in total. The highest BCUT2D eigenvalue weighted by Crippen LogP contribution is 2.17. The highest BCUT2D eigenvalue weighted by atomic mass is 15.1. The van der Waals surface area contributed by atoms with Crippen molar-refractivity contribution >= 4 is 0 Å². The van der Waals surface area contributed by atoms with Gasteiger partial charge in [-0.1, -0.05) is 33.1 Å². The van der Waals surface area contributed by atoms with E-state index in [2.05, 4.69) is 23.4 Å². The number of aromatic nitrogens is 2. The average Bonchev–Trinajstić information content (AvgIpc) is 2.68. The molecule has 0 aliphatic rings. The summed E-state index contributed by atoms with van der Waals surface area (Å²) in [6.45, 7) is 5.13. The molecule has 15 heavy (non-hydrogen) atoms. The fourth-order valence-electron chi connectivity index (χ4n) is 1.92. The molecule has 86 valence electrons. The van der Waals surface area contributed by atoms with Gasteiger partial charge in [0.2, 0.25) is 0 Å². The Morgan fingerprint density at radius 3 is 2.80 bits per heavy atom. The molecule has 1 rings (SSSR count). The van der Waals surface area contributed by atoms with Crippen LogP contribution >= 0.6 is 0 Å². The molecule has 3 heteroatoms. The Bertz CT molecular complexity index is 268. The summed E-state index contributed by atoms with van der Waals surface area (Å²) >= 11 is 0. The molecule has 1 heterocycles. The maximum atomic E-state index is 5.82. The number of unbranched alkanes of at least 4 members (excludes halogenated alkanes) is 1. The van der Waals surface area contributed by atoms with E-state index in [1.807, 2.05) is 12.5 Å². The summed E-state index contributed by atoms with van der Waals surface area (Å²) in [6.07, 6.45) is 9.80. The molecule has 0 aliphatic carbocycles. The maximum absolute atomic E-state index is 5.82. The first-order valence-electron chi connectivity index (χ1n) is 6.04. The molecule has 1 aromatic rings. The van der Waals surface area contributed by atoms with E-state index < -0.39 is 0 Å². The van der Waals surface area contributed by atoms with Gasteiger partial charge in [0.1, 0.15) is 0 Å². The van der Waals surface area contributed by atoms with Crippen molar-refractivity contribution in [2.45, 2.75) is 52.0 Å². The minimum absolute atomic E-state index is 0.439. The second-order valence-corrected chi connectivity index (χ2v) is 4.07. The molecule has 0 saturated carbocycles. The van der Waals surface area contributed by atoms with Gasteiger partial charge in [-0.15, -0.1) is 0 Å². The number of hydrogen-bond acceptors (Lipinski definition) is 2. The minimum Gasteiger partial charge on any atom is -0.330 e. The zero-order valence-electron chi connectivity index (χ0n) is 9.95. The second kappa shape index (κ2) is 6.62. The van der Waals surface area contributed by atoms with E-state index >= 15 is 0 Å². The van der Waals surface area contributed by atoms with E-state index in [0.717, 1.165) is 12.8 Å². The van der Waals surface area contributed by atoms with Gasteiger partial charge in [-0.05, 0) is 12.8 Å². The van der Waals surface area contributed by atoms with Gasteiger partial charge in [0.25, 0.3) is 0 Å². The lowest BCUT2D eigenvalue weighted by Crippen LogP contribution is -2.20. The summed E-state index contributed by atoms with van der Waals surface area (Å²) in [5.41, 5.74) is 7.14. The number of rotatable bonds is 7. The molecule has 0 saturated heterocycles. The van der Waals surface area contributed by atoms with Crippen molar-refractivity contribution in [3.05, 3.63) is 18.2 Å². The summed E-state index contributed by atoms with van der Waals surface area (Å²) < 4.78 is 2.26. The van der Waals surface area contributed by atoms with E-state index in [1.54, 1.807) is 0 Å². The summed E-state index contributed by atoms with van der Waals surface area (Å²) in [5, 5.41) is 0. The molecule has 1 atom stereocenters. The summed E-state index contributed by atoms with van der Waals surface area (Å²) in [5.74, 6) is 0. The van der Waals surface area contributed by atoms with E-state index in [4.69, 9.17) is 5.73 Å². The highest BCUT2D eigenvalue weighted by molar-refractivity contribution is 5.00. The van der Waals surface area contributed by atoms with Crippen molar-refractivity contribution in [3.8, 4) is 0 Å². The second-order valence-electron chi connectivity index (χ2n) is 4.07. The van der Waals surface area contributed by atoms with Gasteiger partial charge in [0, 0.05) is 24.5 Å². The Kier molecular flexibility index (Phi) is 5.40. The third kappa shape index (κ3) is 3.34. The fourth-order valence-corrected chi connectivity index (χ4v) is 1.92. The molecular weight excluding hydrogens is 186 g/mol. The Morgan fingerprint density at radius 1 is 1.40 bits per heavy atom. The van der Waals surface area contributed by atoms with E-state index in [9.17, 15) is 0 Å². The van der Waals surface area contributed by atoms with Crippen LogP contribution in [0.4, 0.5) is 0 Å². The molecule has 0 bridgehead atoms. The topological polar surface area (TPSA) is 43.8 Å². The lowest BCUT2D eigenvalue weighted by atomic mass is 10.1. The van der Waals surface area contributed by atoms with Gasteiger partial charge >= 0.3 is 0 Å². The van der Waals surface area contributed by atoms with Gasteiger partial charge in [0.05, 0.1) is 6.33 Å². The van der Waals surface area contributed by atoms with Crippen LogP contribution in [-0.2, 0) is 6.42 Å². The van der Waals surface area contributed by atoms with Crippen molar-refractivity contribution in [2.75, 3.05) is 6.54 Å². The van der Waals surface area contributed by atoms with Crippen LogP contribution in [0, 0.1) is 0 Å². The van der Waals surface area contributed by atoms with Crippen molar-refractivity contribution < 1.29 is 0 Å². The largest absolute Gasteiger partial charge is 0.330 e. The van der Waals surface area contributed by atoms with Crippen LogP contribution in [0.1, 0.15) is 51.3 Å². The van der Waals surface area contributed by atoms with Crippen LogP contribution in [0.2, 0.25) is 0 Å². The van der Waals surface area contributed by atoms with Gasteiger partial charge in [-0.2, -0.15) is 0 Å². The third-order valence-corrected chi connectivity index (χ3v) is 2.81. The average molecular weight is 209 g/mol. The van der Waals surface area contributed by atoms with Gasteiger partial charge in [-0.3, -0.25) is 0 Å². The highest BCUT2D eigenvalue weighted by Gasteiger charge is 2.11. The quantitative estimate of drug-likeness (QED) is 0.750.